The van der Waals surface area contributed by atoms with Gasteiger partial charge in [-0.1, -0.05) is 41.9 Å². The van der Waals surface area contributed by atoms with E-state index in [4.69, 9.17) is 11.6 Å². The van der Waals surface area contributed by atoms with Gasteiger partial charge in [0.2, 0.25) is 5.95 Å². The molecule has 0 fully saturated rings. The highest BCUT2D eigenvalue weighted by Gasteiger charge is 2.09. The molecule has 26 heavy (non-hydrogen) atoms. The number of hydrogen-bond donors (Lipinski definition) is 2. The first-order valence-electron chi connectivity index (χ1n) is 8.29. The molecule has 1 heterocycles. The van der Waals surface area contributed by atoms with Crippen LogP contribution < -0.4 is 10.6 Å². The van der Waals surface area contributed by atoms with E-state index in [1.54, 1.807) is 0 Å². The second-order valence-electron chi connectivity index (χ2n) is 5.87. The SMILES string of the molecule is Cc1ccccc1NC(=O)c1cnc(NCCc2cccc(Cl)c2)nc1. The first kappa shape index (κ1) is 17.9. The van der Waals surface area contributed by atoms with Gasteiger partial charge in [0, 0.05) is 29.6 Å². The van der Waals surface area contributed by atoms with Crippen molar-refractivity contribution in [2.45, 2.75) is 13.3 Å². The van der Waals surface area contributed by atoms with Crippen LogP contribution in [0.5, 0.6) is 0 Å². The number of nitrogens with zero attached hydrogens (tertiary/aromatic N) is 2. The van der Waals surface area contributed by atoms with E-state index in [2.05, 4.69) is 20.6 Å². The van der Waals surface area contributed by atoms with Crippen LogP contribution in [0.25, 0.3) is 0 Å². The van der Waals surface area contributed by atoms with E-state index >= 15 is 0 Å². The standard InChI is InChI=1S/C20H19ClN4O/c1-14-5-2-3-8-18(14)25-19(26)16-12-23-20(24-13-16)22-10-9-15-6-4-7-17(21)11-15/h2-8,11-13H,9-10H2,1H3,(H,25,26)(H,22,23,24). The van der Waals surface area contributed by atoms with Crippen molar-refractivity contribution < 1.29 is 4.79 Å². The van der Waals surface area contributed by atoms with Gasteiger partial charge >= 0.3 is 0 Å². The van der Waals surface area contributed by atoms with Gasteiger partial charge in [-0.25, -0.2) is 9.97 Å². The fraction of sp³-hybridized carbons (Fsp3) is 0.150. The number of benzene rings is 2. The summed E-state index contributed by atoms with van der Waals surface area (Å²) in [5.74, 6) is 0.254. The predicted molar refractivity (Wildman–Crippen MR) is 105 cm³/mol. The number of aryl methyl sites for hydroxylation is 1. The summed E-state index contributed by atoms with van der Waals surface area (Å²) in [7, 11) is 0. The molecule has 3 aromatic rings. The Kier molecular flexibility index (Phi) is 5.81. The van der Waals surface area contributed by atoms with E-state index in [1.807, 2.05) is 55.5 Å². The largest absolute Gasteiger partial charge is 0.354 e. The van der Waals surface area contributed by atoms with Crippen LogP contribution in [0.3, 0.4) is 0 Å². The number of aromatic nitrogens is 2. The molecule has 0 saturated heterocycles. The molecule has 2 aromatic carbocycles. The van der Waals surface area contributed by atoms with Gasteiger partial charge in [-0.15, -0.1) is 0 Å². The van der Waals surface area contributed by atoms with Gasteiger partial charge in [-0.05, 0) is 42.7 Å². The topological polar surface area (TPSA) is 66.9 Å². The lowest BCUT2D eigenvalue weighted by Crippen LogP contribution is -2.14. The highest BCUT2D eigenvalue weighted by atomic mass is 35.5. The van der Waals surface area contributed by atoms with Gasteiger partial charge in [-0.3, -0.25) is 4.79 Å². The van der Waals surface area contributed by atoms with E-state index in [-0.39, 0.29) is 5.91 Å². The fourth-order valence-corrected chi connectivity index (χ4v) is 2.67. The van der Waals surface area contributed by atoms with Crippen LogP contribution in [-0.2, 0) is 6.42 Å². The second-order valence-corrected chi connectivity index (χ2v) is 6.31. The van der Waals surface area contributed by atoms with Crippen LogP contribution in [0.4, 0.5) is 11.6 Å². The van der Waals surface area contributed by atoms with Crippen molar-refractivity contribution in [1.29, 1.82) is 0 Å². The number of halogens is 1. The van der Waals surface area contributed by atoms with Crippen LogP contribution in [0, 0.1) is 6.92 Å². The Hall–Kier alpha value is -2.92. The number of carbonyl (C=O) groups is 1. The molecular formula is C20H19ClN4O. The molecule has 0 spiro atoms. The summed E-state index contributed by atoms with van der Waals surface area (Å²) in [6.07, 6.45) is 3.84. The molecule has 0 atom stereocenters. The molecule has 2 N–H and O–H groups in total. The molecule has 0 radical (unpaired) electrons. The number of carbonyl (C=O) groups excluding carboxylic acids is 1. The number of amides is 1. The maximum absolute atomic E-state index is 12.3. The smallest absolute Gasteiger partial charge is 0.258 e. The predicted octanol–water partition coefficient (Wildman–Crippen LogP) is 4.35. The minimum atomic E-state index is -0.232. The van der Waals surface area contributed by atoms with Gasteiger partial charge in [0.25, 0.3) is 5.91 Å². The maximum atomic E-state index is 12.3. The van der Waals surface area contributed by atoms with E-state index < -0.39 is 0 Å². The zero-order valence-corrected chi connectivity index (χ0v) is 15.1. The van der Waals surface area contributed by atoms with Crippen molar-refractivity contribution in [2.75, 3.05) is 17.2 Å². The number of rotatable bonds is 6. The molecule has 3 rings (SSSR count). The van der Waals surface area contributed by atoms with Gasteiger partial charge in [0.1, 0.15) is 0 Å². The molecule has 0 aliphatic carbocycles. The van der Waals surface area contributed by atoms with E-state index in [0.29, 0.717) is 18.1 Å². The van der Waals surface area contributed by atoms with Gasteiger partial charge in [0.15, 0.2) is 0 Å². The third kappa shape index (κ3) is 4.80. The molecule has 1 aromatic heterocycles. The lowest BCUT2D eigenvalue weighted by atomic mass is 10.1. The van der Waals surface area contributed by atoms with E-state index in [9.17, 15) is 4.79 Å². The van der Waals surface area contributed by atoms with Crippen molar-refractivity contribution in [2.24, 2.45) is 0 Å². The molecule has 0 bridgehead atoms. The number of para-hydroxylation sites is 1. The number of anilines is 2. The second kappa shape index (κ2) is 8.45. The van der Waals surface area contributed by atoms with Crippen LogP contribution in [0.15, 0.2) is 60.9 Å². The zero-order valence-electron chi connectivity index (χ0n) is 14.4. The molecule has 5 nitrogen and oxygen atoms in total. The molecule has 132 valence electrons. The molecule has 6 heteroatoms. The van der Waals surface area contributed by atoms with E-state index in [1.165, 1.54) is 12.4 Å². The van der Waals surface area contributed by atoms with Crippen LogP contribution >= 0.6 is 11.6 Å². The van der Waals surface area contributed by atoms with Crippen LogP contribution in [0.1, 0.15) is 21.5 Å². The summed E-state index contributed by atoms with van der Waals surface area (Å²) in [4.78, 5) is 20.7. The Balaban J connectivity index is 1.54. The lowest BCUT2D eigenvalue weighted by Gasteiger charge is -2.08. The van der Waals surface area contributed by atoms with Crippen LogP contribution in [0.2, 0.25) is 5.02 Å². The van der Waals surface area contributed by atoms with Crippen molar-refractivity contribution >= 4 is 29.1 Å². The Morgan fingerprint density at radius 2 is 1.85 bits per heavy atom. The number of hydrogen-bond acceptors (Lipinski definition) is 4. The first-order chi connectivity index (χ1) is 12.6. The Labute approximate surface area is 157 Å². The number of nitrogens with one attached hydrogen (secondary N) is 2. The monoisotopic (exact) mass is 366 g/mol. The molecule has 1 amide bonds. The maximum Gasteiger partial charge on any atom is 0.258 e. The highest BCUT2D eigenvalue weighted by molar-refractivity contribution is 6.30. The quantitative estimate of drug-likeness (QED) is 0.680. The fourth-order valence-electron chi connectivity index (χ4n) is 2.46. The highest BCUT2D eigenvalue weighted by Crippen LogP contribution is 2.15. The average Bonchev–Trinajstić information content (AvgIpc) is 2.64. The van der Waals surface area contributed by atoms with Gasteiger partial charge in [0.05, 0.1) is 5.56 Å². The van der Waals surface area contributed by atoms with Gasteiger partial charge in [-0.2, -0.15) is 0 Å². The molecular weight excluding hydrogens is 348 g/mol. The lowest BCUT2D eigenvalue weighted by molar-refractivity contribution is 0.102. The summed E-state index contributed by atoms with van der Waals surface area (Å²) in [5.41, 5.74) is 3.33. The summed E-state index contributed by atoms with van der Waals surface area (Å²) in [5, 5.41) is 6.73. The van der Waals surface area contributed by atoms with Crippen molar-refractivity contribution in [3.8, 4) is 0 Å². The summed E-state index contributed by atoms with van der Waals surface area (Å²) >= 11 is 5.97. The molecule has 0 aliphatic rings. The van der Waals surface area contributed by atoms with Gasteiger partial charge < -0.3 is 10.6 Å². The minimum Gasteiger partial charge on any atom is -0.354 e. The van der Waals surface area contributed by atoms with Crippen molar-refractivity contribution in [3.63, 3.8) is 0 Å². The minimum absolute atomic E-state index is 0.232. The molecule has 0 aliphatic heterocycles. The average molecular weight is 367 g/mol. The normalized spacial score (nSPS) is 10.4. The Morgan fingerprint density at radius 1 is 1.08 bits per heavy atom. The third-order valence-corrected chi connectivity index (χ3v) is 4.13. The summed E-state index contributed by atoms with van der Waals surface area (Å²) < 4.78 is 0. The summed E-state index contributed by atoms with van der Waals surface area (Å²) in [6.45, 7) is 2.62. The molecule has 0 unspecified atom stereocenters. The van der Waals surface area contributed by atoms with E-state index in [0.717, 1.165) is 28.3 Å². The summed E-state index contributed by atoms with van der Waals surface area (Å²) in [6, 6.07) is 15.3. The first-order valence-corrected chi connectivity index (χ1v) is 8.67. The van der Waals surface area contributed by atoms with Crippen molar-refractivity contribution in [3.05, 3.63) is 82.6 Å². The Bertz CT molecular complexity index is 896. The third-order valence-electron chi connectivity index (χ3n) is 3.89. The van der Waals surface area contributed by atoms with Crippen LogP contribution in [-0.4, -0.2) is 22.4 Å². The zero-order chi connectivity index (χ0) is 18.4. The van der Waals surface area contributed by atoms with Crippen molar-refractivity contribution in [1.82, 2.24) is 9.97 Å². The molecule has 0 saturated carbocycles. The Morgan fingerprint density at radius 3 is 2.58 bits per heavy atom.